The first-order valence-corrected chi connectivity index (χ1v) is 12.9. The minimum atomic E-state index is -0.938. The van der Waals surface area contributed by atoms with Crippen molar-refractivity contribution in [1.29, 1.82) is 0 Å². The summed E-state index contributed by atoms with van der Waals surface area (Å²) in [7, 11) is 1.48. The van der Waals surface area contributed by atoms with Crippen molar-refractivity contribution in [3.8, 4) is 5.75 Å². The number of hydrogen-bond donors (Lipinski definition) is 1. The van der Waals surface area contributed by atoms with Crippen molar-refractivity contribution >= 4 is 34.4 Å². The van der Waals surface area contributed by atoms with Gasteiger partial charge in [0, 0.05) is 41.6 Å². The Kier molecular flexibility index (Phi) is 8.71. The number of ketones is 1. The number of thioether (sulfide) groups is 1. The van der Waals surface area contributed by atoms with Gasteiger partial charge in [-0.1, -0.05) is 0 Å². The Morgan fingerprint density at radius 1 is 1.16 bits per heavy atom. The maximum absolute atomic E-state index is 14.6. The summed E-state index contributed by atoms with van der Waals surface area (Å²) in [6, 6.07) is 8.27. The number of likely N-dealkylation sites (tertiary alicyclic amines) is 1. The monoisotopic (exact) mass is 532 g/mol. The molecule has 1 aliphatic heterocycles. The average Bonchev–Trinajstić information content (AvgIpc) is 2.86. The number of carbonyl (C=O) groups excluding carboxylic acids is 1. The minimum Gasteiger partial charge on any atom is -0.497 e. The molecule has 10 heteroatoms. The quantitative estimate of drug-likeness (QED) is 0.275. The highest BCUT2D eigenvalue weighted by molar-refractivity contribution is 7.99. The molecule has 6 nitrogen and oxygen atoms in total. The Morgan fingerprint density at radius 3 is 2.62 bits per heavy atom. The number of aliphatic carboxylic acids is 1. The first-order valence-electron chi connectivity index (χ1n) is 11.9. The van der Waals surface area contributed by atoms with Gasteiger partial charge in [-0.25, -0.2) is 13.2 Å². The lowest BCUT2D eigenvalue weighted by Crippen LogP contribution is -2.44. The fraction of sp³-hybridized carbons (Fsp3) is 0.370. The van der Waals surface area contributed by atoms with E-state index < -0.39 is 35.1 Å². The number of pyridine rings is 1. The van der Waals surface area contributed by atoms with Crippen molar-refractivity contribution in [3.63, 3.8) is 0 Å². The molecule has 1 aromatic heterocycles. The third kappa shape index (κ3) is 6.61. The topological polar surface area (TPSA) is 79.7 Å². The van der Waals surface area contributed by atoms with Crippen molar-refractivity contribution in [2.24, 2.45) is 11.8 Å². The molecular formula is C27H27F3N2O4S. The first-order chi connectivity index (χ1) is 17.7. The normalized spacial score (nSPS) is 18.2. The van der Waals surface area contributed by atoms with Gasteiger partial charge < -0.3 is 14.7 Å². The maximum Gasteiger partial charge on any atom is 0.308 e. The second kappa shape index (κ2) is 12.0. The maximum atomic E-state index is 14.6. The van der Waals surface area contributed by atoms with Crippen LogP contribution < -0.4 is 4.74 Å². The van der Waals surface area contributed by atoms with Gasteiger partial charge in [-0.2, -0.15) is 0 Å². The Balaban J connectivity index is 1.36. The van der Waals surface area contributed by atoms with E-state index in [-0.39, 0.29) is 17.9 Å². The van der Waals surface area contributed by atoms with Crippen LogP contribution in [-0.2, 0) is 4.79 Å². The van der Waals surface area contributed by atoms with E-state index in [9.17, 15) is 27.9 Å². The Morgan fingerprint density at radius 2 is 1.92 bits per heavy atom. The van der Waals surface area contributed by atoms with Gasteiger partial charge in [0.2, 0.25) is 0 Å². The molecule has 1 aliphatic rings. The highest BCUT2D eigenvalue weighted by atomic mass is 32.2. The van der Waals surface area contributed by atoms with Gasteiger partial charge in [-0.05, 0) is 55.6 Å². The number of carbonyl (C=O) groups is 2. The summed E-state index contributed by atoms with van der Waals surface area (Å²) in [6.45, 7) is 1.52. The number of nitrogens with zero attached hydrogens (tertiary/aromatic N) is 2. The number of methoxy groups -OCH3 is 1. The molecule has 0 bridgehead atoms. The molecule has 37 heavy (non-hydrogen) atoms. The van der Waals surface area contributed by atoms with E-state index >= 15 is 0 Å². The number of carboxylic acid groups (broad SMARTS) is 1. The third-order valence-electron chi connectivity index (χ3n) is 6.72. The van der Waals surface area contributed by atoms with E-state index in [0.717, 1.165) is 12.3 Å². The molecule has 1 N–H and O–H groups in total. The lowest BCUT2D eigenvalue weighted by Gasteiger charge is -2.36. The average molecular weight is 533 g/mol. The number of benzene rings is 2. The molecule has 4 rings (SSSR count). The van der Waals surface area contributed by atoms with Gasteiger partial charge in [-0.3, -0.25) is 14.6 Å². The lowest BCUT2D eigenvalue weighted by molar-refractivity contribution is -0.146. The number of fused-ring (bicyclic) bond motifs is 1. The van der Waals surface area contributed by atoms with Crippen molar-refractivity contribution in [3.05, 3.63) is 65.6 Å². The number of halogens is 3. The molecule has 2 atom stereocenters. The van der Waals surface area contributed by atoms with Gasteiger partial charge in [0.15, 0.2) is 11.6 Å². The highest BCUT2D eigenvalue weighted by Crippen LogP contribution is 2.31. The van der Waals surface area contributed by atoms with Crippen LogP contribution in [0.15, 0.2) is 47.5 Å². The molecule has 0 saturated carbocycles. The second-order valence-electron chi connectivity index (χ2n) is 9.07. The van der Waals surface area contributed by atoms with Crippen molar-refractivity contribution in [2.45, 2.75) is 24.2 Å². The summed E-state index contributed by atoms with van der Waals surface area (Å²) < 4.78 is 46.6. The molecule has 0 aliphatic carbocycles. The van der Waals surface area contributed by atoms with E-state index in [1.165, 1.54) is 31.0 Å². The molecule has 196 valence electrons. The smallest absolute Gasteiger partial charge is 0.308 e. The molecule has 2 aromatic carbocycles. The number of piperidine rings is 1. The summed E-state index contributed by atoms with van der Waals surface area (Å²) >= 11 is 1.31. The zero-order chi connectivity index (χ0) is 26.5. The number of Topliss-reactive ketones (excluding diaryl/α,β-unsaturated/α-hetero) is 1. The summed E-state index contributed by atoms with van der Waals surface area (Å²) in [5, 5.41) is 10.2. The Bertz CT molecular complexity index is 1290. The molecule has 2 unspecified atom stereocenters. The fourth-order valence-electron chi connectivity index (χ4n) is 4.80. The standard InChI is InChI=1S/C27H27F3N2O4S/c1-36-19-3-4-24-21(13-19)26(23(30)14-31-24)25(33)5-2-16-6-7-32(15-22(16)27(34)35)8-9-37-20-11-17(28)10-18(29)12-20/h3-4,10-14,16,22H,2,5-9,15H2,1H3,(H,34,35). The van der Waals surface area contributed by atoms with Crippen molar-refractivity contribution < 1.29 is 32.6 Å². The number of aromatic nitrogens is 1. The van der Waals surface area contributed by atoms with Crippen LogP contribution in [0.2, 0.25) is 0 Å². The zero-order valence-electron chi connectivity index (χ0n) is 20.3. The third-order valence-corrected chi connectivity index (χ3v) is 7.68. The van der Waals surface area contributed by atoms with Crippen LogP contribution >= 0.6 is 11.8 Å². The van der Waals surface area contributed by atoms with Gasteiger partial charge in [0.25, 0.3) is 0 Å². The fourth-order valence-corrected chi connectivity index (χ4v) is 5.78. The summed E-state index contributed by atoms with van der Waals surface area (Å²) in [5.74, 6) is -3.19. The van der Waals surface area contributed by atoms with Crippen LogP contribution in [0.25, 0.3) is 10.9 Å². The van der Waals surface area contributed by atoms with Crippen LogP contribution in [0.3, 0.4) is 0 Å². The second-order valence-corrected chi connectivity index (χ2v) is 10.2. The van der Waals surface area contributed by atoms with E-state index in [2.05, 4.69) is 4.98 Å². The number of ether oxygens (including phenoxy) is 1. The summed E-state index contributed by atoms with van der Waals surface area (Å²) in [4.78, 5) is 31.6. The van der Waals surface area contributed by atoms with Gasteiger partial charge >= 0.3 is 5.97 Å². The predicted octanol–water partition coefficient (Wildman–Crippen LogP) is 5.44. The molecule has 1 fully saturated rings. The van der Waals surface area contributed by atoms with Gasteiger partial charge in [-0.15, -0.1) is 11.8 Å². The Hall–Kier alpha value is -3.11. The van der Waals surface area contributed by atoms with Crippen molar-refractivity contribution in [2.75, 3.05) is 32.5 Å². The van der Waals surface area contributed by atoms with E-state index in [1.54, 1.807) is 18.2 Å². The molecule has 0 spiro atoms. The zero-order valence-corrected chi connectivity index (χ0v) is 21.1. The van der Waals surface area contributed by atoms with E-state index in [4.69, 9.17) is 4.74 Å². The molecule has 3 aromatic rings. The Labute approximate surface area is 216 Å². The van der Waals surface area contributed by atoms with Crippen molar-refractivity contribution in [1.82, 2.24) is 9.88 Å². The van der Waals surface area contributed by atoms with Gasteiger partial charge in [0.05, 0.1) is 30.3 Å². The highest BCUT2D eigenvalue weighted by Gasteiger charge is 2.34. The molecule has 1 saturated heterocycles. The minimum absolute atomic E-state index is 0.0165. The van der Waals surface area contributed by atoms with Crippen LogP contribution in [0, 0.1) is 29.3 Å². The predicted molar refractivity (Wildman–Crippen MR) is 135 cm³/mol. The van der Waals surface area contributed by atoms with Gasteiger partial charge in [0.1, 0.15) is 17.4 Å². The van der Waals surface area contributed by atoms with E-state index in [0.29, 0.717) is 59.8 Å². The van der Waals surface area contributed by atoms with Crippen LogP contribution in [0.4, 0.5) is 13.2 Å². The number of rotatable bonds is 10. The van der Waals surface area contributed by atoms with Crippen LogP contribution in [-0.4, -0.2) is 59.2 Å². The van der Waals surface area contributed by atoms with E-state index in [1.807, 2.05) is 4.90 Å². The van der Waals surface area contributed by atoms with Crippen LogP contribution in [0.1, 0.15) is 29.6 Å². The first kappa shape index (κ1) is 26.9. The number of carboxylic acids is 1. The molecular weight excluding hydrogens is 505 g/mol. The molecule has 2 heterocycles. The summed E-state index contributed by atoms with van der Waals surface area (Å²) in [6.07, 6.45) is 1.95. The molecule has 0 radical (unpaired) electrons. The SMILES string of the molecule is COc1ccc2ncc(F)c(C(=O)CCC3CCN(CCSc4cc(F)cc(F)c4)CC3C(=O)O)c2c1. The molecule has 0 amide bonds. The lowest BCUT2D eigenvalue weighted by atomic mass is 9.81. The largest absolute Gasteiger partial charge is 0.497 e. The van der Waals surface area contributed by atoms with Crippen LogP contribution in [0.5, 0.6) is 5.75 Å². The summed E-state index contributed by atoms with van der Waals surface area (Å²) in [5.41, 5.74) is 0.417. The number of hydrogen-bond acceptors (Lipinski definition) is 6.